The van der Waals surface area contributed by atoms with E-state index >= 15 is 0 Å². The van der Waals surface area contributed by atoms with Crippen LogP contribution in [0.3, 0.4) is 0 Å². The lowest BCUT2D eigenvalue weighted by Crippen LogP contribution is -2.41. The van der Waals surface area contributed by atoms with Crippen LogP contribution in [0.1, 0.15) is 33.1 Å². The maximum absolute atomic E-state index is 4.46. The lowest BCUT2D eigenvalue weighted by molar-refractivity contribution is 0.344. The molecule has 1 N–H and O–H groups in total. The largest absolute Gasteiger partial charge is 0.311 e. The van der Waals surface area contributed by atoms with Crippen LogP contribution in [0.25, 0.3) is 0 Å². The molecule has 0 bridgehead atoms. The molecule has 1 saturated carbocycles. The van der Waals surface area contributed by atoms with Crippen LogP contribution in [-0.2, 0) is 0 Å². The quantitative estimate of drug-likeness (QED) is 0.715. The van der Waals surface area contributed by atoms with Gasteiger partial charge in [-0.3, -0.25) is 4.99 Å². The van der Waals surface area contributed by atoms with Crippen molar-refractivity contribution in [1.82, 2.24) is 5.32 Å². The van der Waals surface area contributed by atoms with Crippen LogP contribution in [0.4, 0.5) is 0 Å². The van der Waals surface area contributed by atoms with Crippen molar-refractivity contribution < 1.29 is 0 Å². The molecule has 0 spiro atoms. The summed E-state index contributed by atoms with van der Waals surface area (Å²) < 4.78 is 0. The van der Waals surface area contributed by atoms with Gasteiger partial charge in [0.2, 0.25) is 0 Å². The summed E-state index contributed by atoms with van der Waals surface area (Å²) in [5.41, 5.74) is 2.00. The molecule has 1 aliphatic heterocycles. The van der Waals surface area contributed by atoms with Gasteiger partial charge in [-0.25, -0.2) is 0 Å². The third kappa shape index (κ3) is 1.50. The second kappa shape index (κ2) is 3.65. The van der Waals surface area contributed by atoms with E-state index in [1.54, 1.807) is 0 Å². The number of nitrogens with one attached hydrogen (secondary N) is 1. The minimum absolute atomic E-state index is 0.589. The minimum atomic E-state index is 0.589. The normalized spacial score (nSPS) is 45.5. The smallest absolute Gasteiger partial charge is 0.0338 e. The Morgan fingerprint density at radius 1 is 1.57 bits per heavy atom. The molecule has 0 aromatic carbocycles. The van der Waals surface area contributed by atoms with Crippen LogP contribution >= 0.6 is 0 Å². The lowest BCUT2D eigenvalue weighted by atomic mass is 9.80. The molecule has 1 saturated heterocycles. The molecule has 14 heavy (non-hydrogen) atoms. The molecule has 2 fully saturated rings. The maximum Gasteiger partial charge on any atom is 0.0338 e. The van der Waals surface area contributed by atoms with Crippen LogP contribution in [0.5, 0.6) is 0 Å². The van der Waals surface area contributed by atoms with Gasteiger partial charge in [-0.05, 0) is 30.7 Å². The van der Waals surface area contributed by atoms with Gasteiger partial charge in [-0.15, -0.1) is 0 Å². The van der Waals surface area contributed by atoms with Crippen molar-refractivity contribution >= 4 is 5.71 Å². The number of piperidine rings is 1. The summed E-state index contributed by atoms with van der Waals surface area (Å²) in [5, 5.41) is 3.42. The standard InChI is InChI=1S/C12H22N2/c1-4-9-7-12(9,2)10-5-6-14-8-11(10)13-3/h9-10,14H,4-8H2,1-3H3. The zero-order valence-corrected chi connectivity index (χ0v) is 9.64. The molecule has 80 valence electrons. The Kier molecular flexibility index (Phi) is 2.65. The summed E-state index contributed by atoms with van der Waals surface area (Å²) in [6.45, 7) is 6.98. The number of nitrogens with zero attached hydrogens (tertiary/aromatic N) is 1. The Bertz CT molecular complexity index is 247. The Morgan fingerprint density at radius 2 is 2.36 bits per heavy atom. The van der Waals surface area contributed by atoms with E-state index in [0.29, 0.717) is 5.41 Å². The van der Waals surface area contributed by atoms with Gasteiger partial charge in [0.1, 0.15) is 0 Å². The minimum Gasteiger partial charge on any atom is -0.311 e. The molecule has 0 radical (unpaired) electrons. The van der Waals surface area contributed by atoms with Crippen molar-refractivity contribution in [3.63, 3.8) is 0 Å². The zero-order valence-electron chi connectivity index (χ0n) is 9.64. The highest BCUT2D eigenvalue weighted by atomic mass is 14.9. The van der Waals surface area contributed by atoms with Gasteiger partial charge < -0.3 is 5.32 Å². The number of hydrogen-bond donors (Lipinski definition) is 1. The molecule has 1 heterocycles. The second-order valence-electron chi connectivity index (χ2n) is 5.05. The van der Waals surface area contributed by atoms with Gasteiger partial charge in [-0.1, -0.05) is 20.3 Å². The first kappa shape index (κ1) is 10.2. The second-order valence-corrected chi connectivity index (χ2v) is 5.05. The summed E-state index contributed by atoms with van der Waals surface area (Å²) in [4.78, 5) is 4.46. The van der Waals surface area contributed by atoms with Crippen LogP contribution < -0.4 is 5.32 Å². The molecule has 2 rings (SSSR count). The zero-order chi connectivity index (χ0) is 10.2. The van der Waals surface area contributed by atoms with Crippen molar-refractivity contribution in [3.05, 3.63) is 0 Å². The average Bonchev–Trinajstić information content (AvgIpc) is 2.91. The van der Waals surface area contributed by atoms with Gasteiger partial charge in [0.15, 0.2) is 0 Å². The third-order valence-corrected chi connectivity index (χ3v) is 4.35. The van der Waals surface area contributed by atoms with E-state index in [4.69, 9.17) is 0 Å². The molecule has 2 aliphatic rings. The van der Waals surface area contributed by atoms with Crippen molar-refractivity contribution in [2.24, 2.45) is 22.2 Å². The van der Waals surface area contributed by atoms with E-state index in [0.717, 1.165) is 18.4 Å². The van der Waals surface area contributed by atoms with E-state index in [1.165, 1.54) is 31.5 Å². The maximum atomic E-state index is 4.46. The van der Waals surface area contributed by atoms with Crippen LogP contribution in [-0.4, -0.2) is 25.8 Å². The molecule has 0 amide bonds. The molecule has 0 aromatic rings. The highest BCUT2D eigenvalue weighted by molar-refractivity contribution is 5.90. The van der Waals surface area contributed by atoms with E-state index in [1.807, 2.05) is 7.05 Å². The molecule has 3 atom stereocenters. The number of rotatable bonds is 2. The van der Waals surface area contributed by atoms with Crippen molar-refractivity contribution in [2.75, 3.05) is 20.1 Å². The van der Waals surface area contributed by atoms with Crippen LogP contribution in [0.15, 0.2) is 4.99 Å². The van der Waals surface area contributed by atoms with Crippen LogP contribution in [0.2, 0.25) is 0 Å². The summed E-state index contributed by atoms with van der Waals surface area (Å²) in [6.07, 6.45) is 4.06. The third-order valence-electron chi connectivity index (χ3n) is 4.35. The van der Waals surface area contributed by atoms with Gasteiger partial charge in [-0.2, -0.15) is 0 Å². The summed E-state index contributed by atoms with van der Waals surface area (Å²) in [7, 11) is 1.95. The number of hydrogen-bond acceptors (Lipinski definition) is 2. The molecule has 1 aliphatic carbocycles. The van der Waals surface area contributed by atoms with Gasteiger partial charge in [0.25, 0.3) is 0 Å². The fourth-order valence-corrected chi connectivity index (χ4v) is 3.21. The molecular formula is C12H22N2. The van der Waals surface area contributed by atoms with Gasteiger partial charge >= 0.3 is 0 Å². The van der Waals surface area contributed by atoms with E-state index in [-0.39, 0.29) is 0 Å². The lowest BCUT2D eigenvalue weighted by Gasteiger charge is -2.31. The van der Waals surface area contributed by atoms with E-state index in [9.17, 15) is 0 Å². The first-order chi connectivity index (χ1) is 6.72. The average molecular weight is 194 g/mol. The Hall–Kier alpha value is -0.370. The molecule has 3 unspecified atom stereocenters. The Morgan fingerprint density at radius 3 is 2.93 bits per heavy atom. The monoisotopic (exact) mass is 194 g/mol. The highest BCUT2D eigenvalue weighted by Crippen LogP contribution is 2.60. The summed E-state index contributed by atoms with van der Waals surface area (Å²) in [5.74, 6) is 1.72. The summed E-state index contributed by atoms with van der Waals surface area (Å²) in [6, 6.07) is 0. The fourth-order valence-electron chi connectivity index (χ4n) is 3.21. The number of aliphatic imine (C=N–C) groups is 1. The van der Waals surface area contributed by atoms with Gasteiger partial charge in [0.05, 0.1) is 0 Å². The summed E-state index contributed by atoms with van der Waals surface area (Å²) >= 11 is 0. The predicted molar refractivity (Wildman–Crippen MR) is 60.8 cm³/mol. The molecule has 2 heteroatoms. The Balaban J connectivity index is 2.09. The predicted octanol–water partition coefficient (Wildman–Crippen LogP) is 2.10. The SMILES string of the molecule is CCC1CC1(C)C1CCNCC1=NC. The molecule has 2 nitrogen and oxygen atoms in total. The van der Waals surface area contributed by atoms with Crippen molar-refractivity contribution in [1.29, 1.82) is 0 Å². The molecule has 0 aromatic heterocycles. The van der Waals surface area contributed by atoms with Crippen LogP contribution in [0, 0.1) is 17.3 Å². The van der Waals surface area contributed by atoms with Crippen molar-refractivity contribution in [3.8, 4) is 0 Å². The molecular weight excluding hydrogens is 172 g/mol. The van der Waals surface area contributed by atoms with Crippen molar-refractivity contribution in [2.45, 2.75) is 33.1 Å². The first-order valence-corrected chi connectivity index (χ1v) is 5.88. The topological polar surface area (TPSA) is 24.4 Å². The highest BCUT2D eigenvalue weighted by Gasteiger charge is 2.55. The van der Waals surface area contributed by atoms with Gasteiger partial charge in [0, 0.05) is 25.2 Å². The van der Waals surface area contributed by atoms with E-state index < -0.39 is 0 Å². The Labute approximate surface area is 87.2 Å². The first-order valence-electron chi connectivity index (χ1n) is 5.88. The fraction of sp³-hybridized carbons (Fsp3) is 0.917. The van der Waals surface area contributed by atoms with E-state index in [2.05, 4.69) is 24.2 Å².